The Kier molecular flexibility index (Phi) is 3.46. The van der Waals surface area contributed by atoms with Gasteiger partial charge in [0.25, 0.3) is 0 Å². The number of phenolic OH excluding ortho intramolecular Hbond substituents is 1. The first-order valence-corrected chi connectivity index (χ1v) is 4.70. The average Bonchev–Trinajstić information content (AvgIpc) is 2.01. The normalized spacial score (nSPS) is 9.93. The van der Waals surface area contributed by atoms with E-state index in [4.69, 9.17) is 0 Å². The fourth-order valence-corrected chi connectivity index (χ4v) is 1.55. The molecular formula is C9H8BrFO3. The van der Waals surface area contributed by atoms with Crippen LogP contribution in [0.25, 0.3) is 0 Å². The summed E-state index contributed by atoms with van der Waals surface area (Å²) in [6.45, 7) is 1.84. The standard InChI is InChI=1S/C9H8BrFO3/c1-2-14-9(13)8-6(10)3-5(11)4-7(8)12/h3-4,12H,2H2,1H3. The van der Waals surface area contributed by atoms with Gasteiger partial charge in [-0.3, -0.25) is 0 Å². The van der Waals surface area contributed by atoms with Gasteiger partial charge < -0.3 is 9.84 Å². The Balaban J connectivity index is 3.14. The first-order chi connectivity index (χ1) is 6.56. The molecule has 0 spiro atoms. The molecule has 0 aliphatic carbocycles. The molecule has 0 atom stereocenters. The predicted octanol–water partition coefficient (Wildman–Crippen LogP) is 2.47. The Morgan fingerprint density at radius 1 is 1.64 bits per heavy atom. The van der Waals surface area contributed by atoms with Gasteiger partial charge in [-0.15, -0.1) is 0 Å². The van der Waals surface area contributed by atoms with Gasteiger partial charge in [-0.2, -0.15) is 0 Å². The molecule has 0 aromatic heterocycles. The SMILES string of the molecule is CCOC(=O)c1c(O)cc(F)cc1Br. The summed E-state index contributed by atoms with van der Waals surface area (Å²) in [7, 11) is 0. The first kappa shape index (κ1) is 11.0. The Labute approximate surface area is 88.6 Å². The van der Waals surface area contributed by atoms with E-state index in [2.05, 4.69) is 20.7 Å². The Morgan fingerprint density at radius 2 is 2.29 bits per heavy atom. The molecule has 1 aromatic carbocycles. The molecule has 1 aromatic rings. The second kappa shape index (κ2) is 4.41. The van der Waals surface area contributed by atoms with Gasteiger partial charge in [0.2, 0.25) is 0 Å². The molecule has 0 radical (unpaired) electrons. The molecular weight excluding hydrogens is 255 g/mol. The first-order valence-electron chi connectivity index (χ1n) is 3.91. The lowest BCUT2D eigenvalue weighted by Gasteiger charge is -2.06. The van der Waals surface area contributed by atoms with E-state index in [1.165, 1.54) is 0 Å². The fourth-order valence-electron chi connectivity index (χ4n) is 0.965. The van der Waals surface area contributed by atoms with Gasteiger partial charge >= 0.3 is 5.97 Å². The van der Waals surface area contributed by atoms with Crippen molar-refractivity contribution in [3.8, 4) is 5.75 Å². The van der Waals surface area contributed by atoms with Crippen molar-refractivity contribution in [2.75, 3.05) is 6.61 Å². The van der Waals surface area contributed by atoms with E-state index >= 15 is 0 Å². The zero-order chi connectivity index (χ0) is 10.7. The number of benzene rings is 1. The van der Waals surface area contributed by atoms with Crippen molar-refractivity contribution in [2.24, 2.45) is 0 Å². The zero-order valence-corrected chi connectivity index (χ0v) is 8.97. The largest absolute Gasteiger partial charge is 0.507 e. The molecule has 0 aliphatic rings. The van der Waals surface area contributed by atoms with Gasteiger partial charge in [0.15, 0.2) is 0 Å². The summed E-state index contributed by atoms with van der Waals surface area (Å²) in [6, 6.07) is 1.95. The van der Waals surface area contributed by atoms with Crippen molar-refractivity contribution >= 4 is 21.9 Å². The number of esters is 1. The average molecular weight is 263 g/mol. The summed E-state index contributed by atoms with van der Waals surface area (Å²) in [4.78, 5) is 11.3. The minimum Gasteiger partial charge on any atom is -0.507 e. The topological polar surface area (TPSA) is 46.5 Å². The highest BCUT2D eigenvalue weighted by atomic mass is 79.9. The van der Waals surface area contributed by atoms with Crippen LogP contribution in [-0.2, 0) is 4.74 Å². The number of hydrogen-bond acceptors (Lipinski definition) is 3. The molecule has 0 fully saturated rings. The third-order valence-corrected chi connectivity index (χ3v) is 2.14. The van der Waals surface area contributed by atoms with Crippen molar-refractivity contribution in [3.63, 3.8) is 0 Å². The molecule has 3 nitrogen and oxygen atoms in total. The summed E-state index contributed by atoms with van der Waals surface area (Å²) in [5.41, 5.74) is -0.0618. The maximum absolute atomic E-state index is 12.7. The molecule has 0 bridgehead atoms. The van der Waals surface area contributed by atoms with Crippen molar-refractivity contribution in [1.82, 2.24) is 0 Å². The van der Waals surface area contributed by atoms with Crippen LogP contribution in [-0.4, -0.2) is 17.7 Å². The molecule has 0 saturated heterocycles. The highest BCUT2D eigenvalue weighted by molar-refractivity contribution is 9.10. The molecule has 1 rings (SSSR count). The van der Waals surface area contributed by atoms with Crippen LogP contribution in [0.15, 0.2) is 16.6 Å². The summed E-state index contributed by atoms with van der Waals surface area (Å²) < 4.78 is 17.6. The van der Waals surface area contributed by atoms with Gasteiger partial charge in [0, 0.05) is 10.5 Å². The number of halogens is 2. The summed E-state index contributed by atoms with van der Waals surface area (Å²) in [5.74, 6) is -1.74. The van der Waals surface area contributed by atoms with E-state index in [0.717, 1.165) is 12.1 Å². The lowest BCUT2D eigenvalue weighted by atomic mass is 10.2. The molecule has 5 heteroatoms. The molecule has 0 saturated carbocycles. The van der Waals surface area contributed by atoms with Gasteiger partial charge in [-0.25, -0.2) is 9.18 Å². The van der Waals surface area contributed by atoms with E-state index in [9.17, 15) is 14.3 Å². The number of rotatable bonds is 2. The van der Waals surface area contributed by atoms with Gasteiger partial charge in [-0.1, -0.05) is 0 Å². The Bertz CT molecular complexity index is 342. The number of carbonyl (C=O) groups is 1. The smallest absolute Gasteiger partial charge is 0.343 e. The maximum Gasteiger partial charge on any atom is 0.343 e. The molecule has 0 amide bonds. The van der Waals surface area contributed by atoms with Crippen LogP contribution in [0.2, 0.25) is 0 Å². The van der Waals surface area contributed by atoms with Gasteiger partial charge in [-0.05, 0) is 28.9 Å². The summed E-state index contributed by atoms with van der Waals surface area (Å²) >= 11 is 2.97. The van der Waals surface area contributed by atoms with Gasteiger partial charge in [0.1, 0.15) is 17.1 Å². The van der Waals surface area contributed by atoms with Crippen LogP contribution in [0.3, 0.4) is 0 Å². The van der Waals surface area contributed by atoms with Crippen LogP contribution >= 0.6 is 15.9 Å². The lowest BCUT2D eigenvalue weighted by molar-refractivity contribution is 0.0522. The van der Waals surface area contributed by atoms with Crippen LogP contribution in [0, 0.1) is 5.82 Å². The molecule has 1 N–H and O–H groups in total. The summed E-state index contributed by atoms with van der Waals surface area (Å²) in [6.07, 6.45) is 0. The Hall–Kier alpha value is -1.10. The van der Waals surface area contributed by atoms with Crippen molar-refractivity contribution in [1.29, 1.82) is 0 Å². The van der Waals surface area contributed by atoms with Crippen molar-refractivity contribution in [3.05, 3.63) is 28.0 Å². The van der Waals surface area contributed by atoms with E-state index in [-0.39, 0.29) is 16.6 Å². The number of phenols is 1. The van der Waals surface area contributed by atoms with E-state index in [1.807, 2.05) is 0 Å². The summed E-state index contributed by atoms with van der Waals surface area (Å²) in [5, 5.41) is 9.30. The zero-order valence-electron chi connectivity index (χ0n) is 7.38. The quantitative estimate of drug-likeness (QED) is 0.834. The highest BCUT2D eigenvalue weighted by Gasteiger charge is 2.17. The second-order valence-electron chi connectivity index (χ2n) is 2.50. The molecule has 0 unspecified atom stereocenters. The molecule has 0 heterocycles. The molecule has 76 valence electrons. The molecule has 0 aliphatic heterocycles. The van der Waals surface area contributed by atoms with Crippen LogP contribution in [0.5, 0.6) is 5.75 Å². The minimum atomic E-state index is -0.683. The van der Waals surface area contributed by atoms with Crippen LogP contribution < -0.4 is 0 Å². The monoisotopic (exact) mass is 262 g/mol. The number of hydrogen-bond donors (Lipinski definition) is 1. The fraction of sp³-hybridized carbons (Fsp3) is 0.222. The third kappa shape index (κ3) is 2.23. The number of aromatic hydroxyl groups is 1. The second-order valence-corrected chi connectivity index (χ2v) is 3.36. The molecule has 14 heavy (non-hydrogen) atoms. The third-order valence-electron chi connectivity index (χ3n) is 1.51. The van der Waals surface area contributed by atoms with Crippen LogP contribution in [0.1, 0.15) is 17.3 Å². The maximum atomic E-state index is 12.7. The Morgan fingerprint density at radius 3 is 2.79 bits per heavy atom. The van der Waals surface area contributed by atoms with Crippen LogP contribution in [0.4, 0.5) is 4.39 Å². The van der Waals surface area contributed by atoms with E-state index in [0.29, 0.717) is 0 Å². The lowest BCUT2D eigenvalue weighted by Crippen LogP contribution is -2.06. The van der Waals surface area contributed by atoms with E-state index < -0.39 is 17.5 Å². The minimum absolute atomic E-state index is 0.0618. The highest BCUT2D eigenvalue weighted by Crippen LogP contribution is 2.28. The van der Waals surface area contributed by atoms with Crippen molar-refractivity contribution < 1.29 is 19.0 Å². The van der Waals surface area contributed by atoms with Crippen molar-refractivity contribution in [2.45, 2.75) is 6.92 Å². The number of ether oxygens (including phenoxy) is 1. The number of carbonyl (C=O) groups excluding carboxylic acids is 1. The van der Waals surface area contributed by atoms with Gasteiger partial charge in [0.05, 0.1) is 6.61 Å². The predicted molar refractivity (Wildman–Crippen MR) is 51.7 cm³/mol. The van der Waals surface area contributed by atoms with E-state index in [1.54, 1.807) is 6.92 Å².